The van der Waals surface area contributed by atoms with Crippen LogP contribution in [0, 0.1) is 5.82 Å². The molecule has 3 heteroatoms. The molecule has 0 aromatic heterocycles. The van der Waals surface area contributed by atoms with Gasteiger partial charge in [0.25, 0.3) is 0 Å². The van der Waals surface area contributed by atoms with Crippen LogP contribution in [0.3, 0.4) is 0 Å². The zero-order chi connectivity index (χ0) is 9.64. The van der Waals surface area contributed by atoms with Crippen LogP contribution >= 0.6 is 11.6 Å². The molecule has 0 saturated heterocycles. The summed E-state index contributed by atoms with van der Waals surface area (Å²) in [5.74, 6) is -0.372. The molecule has 1 aliphatic rings. The third-order valence-electron chi connectivity index (χ3n) is 2.88. The van der Waals surface area contributed by atoms with E-state index in [0.29, 0.717) is 0 Å². The van der Waals surface area contributed by atoms with Crippen LogP contribution in [-0.4, -0.2) is 6.04 Å². The summed E-state index contributed by atoms with van der Waals surface area (Å²) in [5.41, 5.74) is 6.83. The summed E-state index contributed by atoms with van der Waals surface area (Å²) >= 11 is 5.68. The zero-order valence-electron chi connectivity index (χ0n) is 7.35. The first-order chi connectivity index (χ1) is 6.04. The lowest BCUT2D eigenvalue weighted by Crippen LogP contribution is -2.14. The molecule has 1 nitrogen and oxygen atoms in total. The minimum absolute atomic E-state index is 0.0112. The minimum atomic E-state index is -0.372. The maximum atomic E-state index is 12.8. The van der Waals surface area contributed by atoms with E-state index >= 15 is 0 Å². The van der Waals surface area contributed by atoms with Gasteiger partial charge in [-0.1, -0.05) is 24.6 Å². The Bertz CT molecular complexity index is 353. The molecule has 0 radical (unpaired) electrons. The van der Waals surface area contributed by atoms with Crippen molar-refractivity contribution in [2.75, 3.05) is 0 Å². The standard InChI is InChI=1S/C10H11ClFN/c1-10(5-9(10)13)6-2-3-8(12)7(11)4-6/h2-4,9H,5,13H2,1H3. The molecule has 1 aromatic carbocycles. The molecule has 2 unspecified atom stereocenters. The molecule has 0 spiro atoms. The maximum Gasteiger partial charge on any atom is 0.141 e. The molecule has 2 rings (SSSR count). The van der Waals surface area contributed by atoms with Gasteiger partial charge in [-0.2, -0.15) is 0 Å². The van der Waals surface area contributed by atoms with E-state index in [1.54, 1.807) is 12.1 Å². The van der Waals surface area contributed by atoms with Crippen molar-refractivity contribution in [1.29, 1.82) is 0 Å². The lowest BCUT2D eigenvalue weighted by molar-refractivity contribution is 0.625. The van der Waals surface area contributed by atoms with Gasteiger partial charge in [0.15, 0.2) is 0 Å². The summed E-state index contributed by atoms with van der Waals surface area (Å²) in [6, 6.07) is 5.01. The third-order valence-corrected chi connectivity index (χ3v) is 3.17. The highest BCUT2D eigenvalue weighted by molar-refractivity contribution is 6.30. The summed E-state index contributed by atoms with van der Waals surface area (Å²) in [7, 11) is 0. The molecule has 1 aliphatic carbocycles. The Labute approximate surface area is 81.7 Å². The largest absolute Gasteiger partial charge is 0.327 e. The van der Waals surface area contributed by atoms with E-state index in [9.17, 15) is 4.39 Å². The maximum absolute atomic E-state index is 12.8. The van der Waals surface area contributed by atoms with Crippen LogP contribution in [0.4, 0.5) is 4.39 Å². The molecule has 70 valence electrons. The van der Waals surface area contributed by atoms with Crippen molar-refractivity contribution in [3.05, 3.63) is 34.6 Å². The predicted octanol–water partition coefficient (Wildman–Crippen LogP) is 2.47. The minimum Gasteiger partial charge on any atom is -0.327 e. The van der Waals surface area contributed by atoms with E-state index in [1.165, 1.54) is 6.07 Å². The van der Waals surface area contributed by atoms with Crippen LogP contribution in [0.1, 0.15) is 18.9 Å². The fraction of sp³-hybridized carbons (Fsp3) is 0.400. The topological polar surface area (TPSA) is 26.0 Å². The molecule has 0 amide bonds. The average Bonchev–Trinajstić information content (AvgIpc) is 2.67. The molecule has 1 saturated carbocycles. The lowest BCUT2D eigenvalue weighted by Gasteiger charge is -2.10. The normalized spacial score (nSPS) is 31.8. The van der Waals surface area contributed by atoms with Crippen LogP contribution in [0.2, 0.25) is 5.02 Å². The quantitative estimate of drug-likeness (QED) is 0.739. The van der Waals surface area contributed by atoms with E-state index < -0.39 is 0 Å². The van der Waals surface area contributed by atoms with Crippen LogP contribution < -0.4 is 5.73 Å². The van der Waals surface area contributed by atoms with Gasteiger partial charge in [-0.25, -0.2) is 4.39 Å². The van der Waals surface area contributed by atoms with Gasteiger partial charge in [0.2, 0.25) is 0 Å². The number of halogens is 2. The van der Waals surface area contributed by atoms with E-state index in [0.717, 1.165) is 12.0 Å². The van der Waals surface area contributed by atoms with Gasteiger partial charge in [-0.3, -0.25) is 0 Å². The molecule has 0 heterocycles. The summed E-state index contributed by atoms with van der Waals surface area (Å²) in [4.78, 5) is 0. The number of hydrogen-bond donors (Lipinski definition) is 1. The van der Waals surface area contributed by atoms with Crippen molar-refractivity contribution >= 4 is 11.6 Å². The van der Waals surface area contributed by atoms with Gasteiger partial charge >= 0.3 is 0 Å². The van der Waals surface area contributed by atoms with Crippen molar-refractivity contribution in [3.8, 4) is 0 Å². The van der Waals surface area contributed by atoms with Crippen LogP contribution in [0.25, 0.3) is 0 Å². The van der Waals surface area contributed by atoms with E-state index in [-0.39, 0.29) is 22.3 Å². The zero-order valence-corrected chi connectivity index (χ0v) is 8.11. The lowest BCUT2D eigenvalue weighted by atomic mass is 9.97. The first-order valence-corrected chi connectivity index (χ1v) is 4.63. The Morgan fingerprint density at radius 2 is 2.23 bits per heavy atom. The van der Waals surface area contributed by atoms with Crippen molar-refractivity contribution in [3.63, 3.8) is 0 Å². The van der Waals surface area contributed by atoms with Crippen LogP contribution in [0.5, 0.6) is 0 Å². The summed E-state index contributed by atoms with van der Waals surface area (Å²) in [5, 5.41) is 0.179. The molecule has 1 fully saturated rings. The van der Waals surface area contributed by atoms with Gasteiger partial charge in [0, 0.05) is 11.5 Å². The molecule has 0 aliphatic heterocycles. The first-order valence-electron chi connectivity index (χ1n) is 4.25. The highest BCUT2D eigenvalue weighted by atomic mass is 35.5. The van der Waals surface area contributed by atoms with Gasteiger partial charge < -0.3 is 5.73 Å². The average molecular weight is 200 g/mol. The molecule has 0 bridgehead atoms. The van der Waals surface area contributed by atoms with E-state index in [4.69, 9.17) is 17.3 Å². The molecular weight excluding hydrogens is 189 g/mol. The molecule has 13 heavy (non-hydrogen) atoms. The van der Waals surface area contributed by atoms with Crippen LogP contribution in [0.15, 0.2) is 18.2 Å². The predicted molar refractivity (Wildman–Crippen MR) is 51.4 cm³/mol. The Morgan fingerprint density at radius 1 is 1.62 bits per heavy atom. The number of benzene rings is 1. The fourth-order valence-corrected chi connectivity index (χ4v) is 1.76. The summed E-state index contributed by atoms with van der Waals surface area (Å²) < 4.78 is 12.8. The third kappa shape index (κ3) is 1.34. The number of hydrogen-bond acceptors (Lipinski definition) is 1. The second kappa shape index (κ2) is 2.69. The van der Waals surface area contributed by atoms with Gasteiger partial charge in [-0.15, -0.1) is 0 Å². The Kier molecular flexibility index (Phi) is 1.86. The molecule has 2 N–H and O–H groups in total. The second-order valence-corrected chi connectivity index (χ2v) is 4.26. The van der Waals surface area contributed by atoms with E-state index in [2.05, 4.69) is 6.92 Å². The van der Waals surface area contributed by atoms with E-state index in [1.807, 2.05) is 0 Å². The van der Waals surface area contributed by atoms with Gasteiger partial charge in [0.1, 0.15) is 5.82 Å². The Hall–Kier alpha value is -0.600. The monoisotopic (exact) mass is 199 g/mol. The molecular formula is C10H11ClFN. The summed E-state index contributed by atoms with van der Waals surface area (Å²) in [6.07, 6.45) is 0.953. The SMILES string of the molecule is CC1(c2ccc(F)c(Cl)c2)CC1N. The highest BCUT2D eigenvalue weighted by Gasteiger charge is 2.48. The fourth-order valence-electron chi connectivity index (χ4n) is 1.58. The van der Waals surface area contributed by atoms with Crippen LogP contribution in [-0.2, 0) is 5.41 Å². The van der Waals surface area contributed by atoms with Gasteiger partial charge in [0.05, 0.1) is 5.02 Å². The van der Waals surface area contributed by atoms with Crippen molar-refractivity contribution in [1.82, 2.24) is 0 Å². The number of nitrogens with two attached hydrogens (primary N) is 1. The van der Waals surface area contributed by atoms with Crippen molar-refractivity contribution in [2.24, 2.45) is 5.73 Å². The second-order valence-electron chi connectivity index (χ2n) is 3.86. The molecule has 2 atom stereocenters. The first kappa shape index (κ1) is 8.97. The smallest absolute Gasteiger partial charge is 0.141 e. The molecule has 1 aromatic rings. The van der Waals surface area contributed by atoms with Crippen molar-refractivity contribution in [2.45, 2.75) is 24.8 Å². The number of rotatable bonds is 1. The highest BCUT2D eigenvalue weighted by Crippen LogP contribution is 2.46. The Morgan fingerprint density at radius 3 is 2.69 bits per heavy atom. The summed E-state index contributed by atoms with van der Waals surface area (Å²) in [6.45, 7) is 2.07. The Balaban J connectivity index is 2.38. The van der Waals surface area contributed by atoms with Gasteiger partial charge in [-0.05, 0) is 24.1 Å². The van der Waals surface area contributed by atoms with Crippen molar-refractivity contribution < 1.29 is 4.39 Å².